The first kappa shape index (κ1) is 12.0. The molecule has 0 radical (unpaired) electrons. The van der Waals surface area contributed by atoms with Gasteiger partial charge in [0.15, 0.2) is 0 Å². The van der Waals surface area contributed by atoms with Gasteiger partial charge >= 0.3 is 20.4 Å². The van der Waals surface area contributed by atoms with Crippen LogP contribution in [0.4, 0.5) is 0 Å². The van der Waals surface area contributed by atoms with Gasteiger partial charge in [-0.05, 0) is 0 Å². The highest BCUT2D eigenvalue weighted by Gasteiger charge is 1.88. The molecule has 0 saturated heterocycles. The van der Waals surface area contributed by atoms with Gasteiger partial charge in [-0.3, -0.25) is 0 Å². The number of hydrogen-bond acceptors (Lipinski definition) is 0. The molecule has 0 amide bonds. The van der Waals surface area contributed by atoms with E-state index >= 15 is 0 Å². The Morgan fingerprint density at radius 3 is 1.62 bits per heavy atom. The average Bonchev–Trinajstić information content (AvgIpc) is 1.69. The van der Waals surface area contributed by atoms with Crippen molar-refractivity contribution in [2.24, 2.45) is 0 Å². The Morgan fingerprint density at radius 1 is 1.00 bits per heavy atom. The quantitative estimate of drug-likeness (QED) is 0.473. The molecule has 0 rings (SSSR count). The second-order valence-electron chi connectivity index (χ2n) is 2.06. The molecule has 0 fully saturated rings. The molecule has 0 nitrogen and oxygen atoms in total. The summed E-state index contributed by atoms with van der Waals surface area (Å²) in [6.07, 6.45) is 2.85. The lowest BCUT2D eigenvalue weighted by atomic mass is 10.6. The lowest BCUT2D eigenvalue weighted by Crippen LogP contribution is -1.84. The molecule has 2 heteroatoms. The molecule has 0 aromatic rings. The summed E-state index contributed by atoms with van der Waals surface area (Å²) in [6, 6.07) is 0. The van der Waals surface area contributed by atoms with Crippen LogP contribution < -0.4 is 0 Å². The van der Waals surface area contributed by atoms with E-state index in [-0.39, 0.29) is 17.0 Å². The second-order valence-corrected chi connectivity index (χ2v) is 4.18. The Morgan fingerprint density at radius 2 is 1.38 bits per heavy atom. The summed E-state index contributed by atoms with van der Waals surface area (Å²) in [5, 5.41) is 0. The highest BCUT2D eigenvalue weighted by Crippen LogP contribution is 1.92. The standard InChI is InChI=1S/2C3H7.BrH.Mg/c2*1-3-2;;/h2*1,3H2,2H3;1H;. The fourth-order valence-corrected chi connectivity index (χ4v) is 2.03. The van der Waals surface area contributed by atoms with Crippen LogP contribution in [0, 0.1) is 0 Å². The van der Waals surface area contributed by atoms with Gasteiger partial charge in [0.05, 0.1) is 0 Å². The van der Waals surface area contributed by atoms with E-state index in [1.165, 1.54) is 12.8 Å². The maximum absolute atomic E-state index is 2.28. The molecule has 0 bridgehead atoms. The van der Waals surface area contributed by atoms with E-state index in [2.05, 4.69) is 13.8 Å². The highest BCUT2D eigenvalue weighted by atomic mass is 79.9. The lowest BCUT2D eigenvalue weighted by molar-refractivity contribution is 1.02. The topological polar surface area (TPSA) is 0 Å². The van der Waals surface area contributed by atoms with E-state index in [4.69, 9.17) is 0 Å². The van der Waals surface area contributed by atoms with Gasteiger partial charge in [0.1, 0.15) is 0 Å². The molecule has 48 valence electrons. The maximum atomic E-state index is 2.28. The van der Waals surface area contributed by atoms with E-state index in [0.29, 0.717) is 20.4 Å². The maximum Gasteiger partial charge on any atom is 0.364 e. The molecule has 0 atom stereocenters. The predicted octanol–water partition coefficient (Wildman–Crippen LogP) is 2.93. The summed E-state index contributed by atoms with van der Waals surface area (Å²) in [5.74, 6) is 0. The Bertz CT molecular complexity index is 27.7. The molecule has 0 saturated carbocycles. The van der Waals surface area contributed by atoms with E-state index in [1.807, 2.05) is 0 Å². The van der Waals surface area contributed by atoms with Crippen LogP contribution in [-0.2, 0) is 0 Å². The molecule has 0 spiro atoms. The zero-order valence-corrected chi connectivity index (χ0v) is 9.07. The van der Waals surface area contributed by atoms with E-state index in [1.54, 1.807) is 9.10 Å². The van der Waals surface area contributed by atoms with Crippen LogP contribution in [0.25, 0.3) is 0 Å². The van der Waals surface area contributed by atoms with Gasteiger partial charge in [-0.2, -0.15) is 0 Å². The van der Waals surface area contributed by atoms with Crippen molar-refractivity contribution in [2.75, 3.05) is 0 Å². The van der Waals surface area contributed by atoms with Gasteiger partial charge in [0.25, 0.3) is 0 Å². The van der Waals surface area contributed by atoms with Crippen molar-refractivity contribution < 1.29 is 0 Å². The second kappa shape index (κ2) is 11.1. The van der Waals surface area contributed by atoms with Crippen molar-refractivity contribution in [1.82, 2.24) is 0 Å². The number of hydrogen-bond donors (Lipinski definition) is 0. The minimum absolute atomic E-state index is 0. The summed E-state index contributed by atoms with van der Waals surface area (Å²) < 4.78 is 3.13. The van der Waals surface area contributed by atoms with Gasteiger partial charge in [0.2, 0.25) is 0 Å². The molecular formula is C6H15BrMg. The molecule has 0 N–H and O–H groups in total. The normalized spacial score (nSPS) is 7.25. The van der Waals surface area contributed by atoms with Crippen molar-refractivity contribution in [3.05, 3.63) is 0 Å². The average molecular weight is 191 g/mol. The summed E-state index contributed by atoms with van der Waals surface area (Å²) in [4.78, 5) is 0. The van der Waals surface area contributed by atoms with Crippen LogP contribution in [-0.4, -0.2) is 20.4 Å². The molecule has 0 aromatic heterocycles. The fraction of sp³-hybridized carbons (Fsp3) is 1.00. The third-order valence-corrected chi connectivity index (χ3v) is 3.62. The van der Waals surface area contributed by atoms with Crippen LogP contribution in [0.5, 0.6) is 0 Å². The van der Waals surface area contributed by atoms with Crippen molar-refractivity contribution >= 4 is 37.3 Å². The monoisotopic (exact) mass is 190 g/mol. The summed E-state index contributed by atoms with van der Waals surface area (Å²) in [6.45, 7) is 4.56. The number of halogens is 1. The Kier molecular flexibility index (Phi) is 16.6. The van der Waals surface area contributed by atoms with E-state index < -0.39 is 0 Å². The van der Waals surface area contributed by atoms with Gasteiger partial charge in [-0.25, -0.2) is 0 Å². The highest BCUT2D eigenvalue weighted by molar-refractivity contribution is 8.93. The SMILES string of the molecule is Br.CC[CH2][Mg][CH2]CC. The van der Waals surface area contributed by atoms with Gasteiger partial charge in [0, 0.05) is 0 Å². The number of rotatable bonds is 4. The van der Waals surface area contributed by atoms with E-state index in [9.17, 15) is 0 Å². The first-order valence-corrected chi connectivity index (χ1v) is 5.41. The first-order chi connectivity index (χ1) is 3.41. The summed E-state index contributed by atoms with van der Waals surface area (Å²) in [7, 11) is 0. The molecule has 0 aliphatic heterocycles. The smallest absolute Gasteiger partial charge is 0.146 e. The van der Waals surface area contributed by atoms with Crippen molar-refractivity contribution in [1.29, 1.82) is 0 Å². The zero-order valence-electron chi connectivity index (χ0n) is 5.94. The predicted molar refractivity (Wildman–Crippen MR) is 46.3 cm³/mol. The molecular weight excluding hydrogens is 176 g/mol. The van der Waals surface area contributed by atoms with Gasteiger partial charge < -0.3 is 0 Å². The van der Waals surface area contributed by atoms with Crippen LogP contribution in [0.15, 0.2) is 0 Å². The molecule has 0 unspecified atom stereocenters. The third-order valence-electron chi connectivity index (χ3n) is 1.21. The molecule has 0 aliphatic rings. The Hall–Kier alpha value is 1.25. The largest absolute Gasteiger partial charge is 0.364 e. The van der Waals surface area contributed by atoms with Crippen molar-refractivity contribution in [2.45, 2.75) is 35.8 Å². The molecule has 0 heterocycles. The first-order valence-electron chi connectivity index (χ1n) is 3.41. The Balaban J connectivity index is 0. The summed E-state index contributed by atoms with van der Waals surface area (Å²) >= 11 is 0.411. The minimum atomic E-state index is 0. The van der Waals surface area contributed by atoms with Crippen LogP contribution in [0.1, 0.15) is 26.7 Å². The van der Waals surface area contributed by atoms with Gasteiger partial charge in [-0.1, -0.05) is 26.7 Å². The summed E-state index contributed by atoms with van der Waals surface area (Å²) in [5.41, 5.74) is 0. The van der Waals surface area contributed by atoms with Crippen LogP contribution in [0.2, 0.25) is 9.10 Å². The fourth-order valence-electron chi connectivity index (χ4n) is 0.677. The minimum Gasteiger partial charge on any atom is -0.146 e. The third kappa shape index (κ3) is 10.3. The molecule has 0 aliphatic carbocycles. The van der Waals surface area contributed by atoms with Crippen molar-refractivity contribution in [3.8, 4) is 0 Å². The Labute approximate surface area is 72.9 Å². The zero-order chi connectivity index (χ0) is 5.54. The van der Waals surface area contributed by atoms with Gasteiger partial charge in [-0.15, -0.1) is 26.1 Å². The lowest BCUT2D eigenvalue weighted by Gasteiger charge is -1.86. The van der Waals surface area contributed by atoms with Crippen molar-refractivity contribution in [3.63, 3.8) is 0 Å². The van der Waals surface area contributed by atoms with E-state index in [0.717, 1.165) is 0 Å². The van der Waals surface area contributed by atoms with Crippen LogP contribution in [0.3, 0.4) is 0 Å². The molecule has 0 aromatic carbocycles. The van der Waals surface area contributed by atoms with Crippen LogP contribution >= 0.6 is 17.0 Å². The molecule has 8 heavy (non-hydrogen) atoms.